The van der Waals surface area contributed by atoms with Crippen LogP contribution in [-0.4, -0.2) is 62.0 Å². The summed E-state index contributed by atoms with van der Waals surface area (Å²) in [5.41, 5.74) is 4.70. The van der Waals surface area contributed by atoms with Gasteiger partial charge in [-0.25, -0.2) is 4.79 Å². The van der Waals surface area contributed by atoms with E-state index in [4.69, 9.17) is 24.1 Å². The Bertz CT molecular complexity index is 1020. The highest BCUT2D eigenvalue weighted by atomic mass is 16.7. The summed E-state index contributed by atoms with van der Waals surface area (Å²) in [6.45, 7) is 6.53. The lowest BCUT2D eigenvalue weighted by atomic mass is 9.47. The van der Waals surface area contributed by atoms with Gasteiger partial charge in [0.15, 0.2) is 0 Å². The Hall–Kier alpha value is -2.22. The van der Waals surface area contributed by atoms with E-state index in [9.17, 15) is 4.79 Å². The fourth-order valence-electron chi connectivity index (χ4n) is 8.01. The molecule has 1 N–H and O–H groups in total. The third kappa shape index (κ3) is 5.43. The Morgan fingerprint density at radius 1 is 1.00 bits per heavy atom. The minimum Gasteiger partial charge on any atom is -0.432 e. The van der Waals surface area contributed by atoms with Crippen molar-refractivity contribution >= 4 is 11.7 Å². The van der Waals surface area contributed by atoms with E-state index in [1.807, 2.05) is 12.4 Å². The van der Waals surface area contributed by atoms with Crippen molar-refractivity contribution in [2.75, 3.05) is 39.6 Å². The molecule has 0 spiro atoms. The normalized spacial score (nSPS) is 33.9. The van der Waals surface area contributed by atoms with Gasteiger partial charge in [-0.05, 0) is 84.3 Å². The third-order valence-corrected chi connectivity index (χ3v) is 9.93. The summed E-state index contributed by atoms with van der Waals surface area (Å²) in [6.07, 6.45) is 15.7. The molecule has 1 aromatic heterocycles. The Morgan fingerprint density at radius 3 is 2.58 bits per heavy atom. The number of aromatic nitrogens is 1. The van der Waals surface area contributed by atoms with Crippen LogP contribution >= 0.6 is 0 Å². The molecule has 0 bridgehead atoms. The highest BCUT2D eigenvalue weighted by Crippen LogP contribution is 2.66. The molecule has 0 radical (unpaired) electrons. The first-order valence-electron chi connectivity index (χ1n) is 14.4. The second-order valence-corrected chi connectivity index (χ2v) is 11.8. The van der Waals surface area contributed by atoms with Crippen LogP contribution in [0.4, 0.5) is 4.79 Å². The second-order valence-electron chi connectivity index (χ2n) is 11.8. The van der Waals surface area contributed by atoms with Crippen molar-refractivity contribution in [3.05, 3.63) is 47.8 Å². The summed E-state index contributed by atoms with van der Waals surface area (Å²) in [5.74, 6) is 2.07. The SMILES string of the molecule is C[C@]12CC[C@H](OC(=O)OCCOCCOCCO)CC1=CC[C@@H]1[C@@H]2CC[C@]2(C)C(c3cccnc3)=CC[C@@H]12. The van der Waals surface area contributed by atoms with Gasteiger partial charge in [0.1, 0.15) is 12.7 Å². The van der Waals surface area contributed by atoms with Gasteiger partial charge < -0.3 is 24.1 Å². The fourth-order valence-corrected chi connectivity index (χ4v) is 8.01. The lowest BCUT2D eigenvalue weighted by molar-refractivity contribution is -0.0401. The van der Waals surface area contributed by atoms with E-state index in [1.54, 1.807) is 0 Å². The Balaban J connectivity index is 1.13. The summed E-state index contributed by atoms with van der Waals surface area (Å²) in [4.78, 5) is 16.7. The van der Waals surface area contributed by atoms with E-state index in [2.05, 4.69) is 43.1 Å². The van der Waals surface area contributed by atoms with Crippen molar-refractivity contribution in [2.24, 2.45) is 28.6 Å². The molecular formula is C31H43NO6. The minimum atomic E-state index is -0.610. The van der Waals surface area contributed by atoms with E-state index in [0.717, 1.165) is 32.1 Å². The number of fused-ring (bicyclic) bond motifs is 5. The maximum Gasteiger partial charge on any atom is 0.508 e. The molecule has 2 fully saturated rings. The molecule has 0 unspecified atom stereocenters. The van der Waals surface area contributed by atoms with Crippen LogP contribution in [0.3, 0.4) is 0 Å². The van der Waals surface area contributed by atoms with Crippen LogP contribution in [0, 0.1) is 28.6 Å². The lowest BCUT2D eigenvalue weighted by Crippen LogP contribution is -2.50. The number of hydrogen-bond donors (Lipinski definition) is 1. The average molecular weight is 526 g/mol. The molecule has 0 amide bonds. The summed E-state index contributed by atoms with van der Waals surface area (Å²) >= 11 is 0. The quantitative estimate of drug-likeness (QED) is 0.242. The van der Waals surface area contributed by atoms with Gasteiger partial charge in [-0.15, -0.1) is 0 Å². The Kier molecular flexibility index (Phi) is 8.56. The van der Waals surface area contributed by atoms with Gasteiger partial charge >= 0.3 is 6.16 Å². The van der Waals surface area contributed by atoms with Crippen LogP contribution in [0.2, 0.25) is 0 Å². The predicted molar refractivity (Wildman–Crippen MR) is 144 cm³/mol. The number of hydrogen-bond acceptors (Lipinski definition) is 7. The Morgan fingerprint density at radius 2 is 1.79 bits per heavy atom. The Labute approximate surface area is 226 Å². The van der Waals surface area contributed by atoms with Gasteiger partial charge in [-0.1, -0.05) is 37.6 Å². The van der Waals surface area contributed by atoms with Crippen molar-refractivity contribution in [2.45, 2.75) is 64.9 Å². The number of carbonyl (C=O) groups excluding carboxylic acids is 1. The number of carbonyl (C=O) groups is 1. The number of aliphatic hydroxyl groups excluding tert-OH is 1. The molecule has 0 saturated heterocycles. The van der Waals surface area contributed by atoms with Crippen LogP contribution in [-0.2, 0) is 18.9 Å². The van der Waals surface area contributed by atoms with E-state index < -0.39 is 6.16 Å². The highest BCUT2D eigenvalue weighted by molar-refractivity contribution is 5.72. The average Bonchev–Trinajstić information content (AvgIpc) is 3.28. The first-order valence-corrected chi connectivity index (χ1v) is 14.4. The van der Waals surface area contributed by atoms with Gasteiger partial charge in [0.05, 0.1) is 33.0 Å². The number of aliphatic hydroxyl groups is 1. The molecule has 5 rings (SSSR count). The fraction of sp³-hybridized carbons (Fsp3) is 0.677. The summed E-state index contributed by atoms with van der Waals surface area (Å²) in [6, 6.07) is 4.27. The number of ether oxygens (including phenoxy) is 4. The van der Waals surface area contributed by atoms with Crippen molar-refractivity contribution in [3.63, 3.8) is 0 Å². The number of pyridine rings is 1. The molecule has 7 heteroatoms. The number of rotatable bonds is 10. The highest BCUT2D eigenvalue weighted by Gasteiger charge is 2.57. The van der Waals surface area contributed by atoms with Gasteiger partial charge in [-0.3, -0.25) is 4.98 Å². The number of nitrogens with zero attached hydrogens (tertiary/aromatic N) is 1. The van der Waals surface area contributed by atoms with Gasteiger partial charge in [0, 0.05) is 18.8 Å². The second kappa shape index (κ2) is 11.9. The molecule has 2 saturated carbocycles. The van der Waals surface area contributed by atoms with E-state index >= 15 is 0 Å². The van der Waals surface area contributed by atoms with Gasteiger partial charge in [0.25, 0.3) is 0 Å². The van der Waals surface area contributed by atoms with Gasteiger partial charge in [0.2, 0.25) is 0 Å². The van der Waals surface area contributed by atoms with Crippen LogP contribution in [0.5, 0.6) is 0 Å². The molecule has 1 heterocycles. The molecule has 4 aliphatic carbocycles. The maximum absolute atomic E-state index is 12.3. The van der Waals surface area contributed by atoms with Crippen LogP contribution in [0.15, 0.2) is 42.3 Å². The molecule has 7 nitrogen and oxygen atoms in total. The molecule has 0 aliphatic heterocycles. The summed E-state index contributed by atoms with van der Waals surface area (Å²) < 4.78 is 21.4. The summed E-state index contributed by atoms with van der Waals surface area (Å²) in [7, 11) is 0. The zero-order chi connectivity index (χ0) is 26.6. The van der Waals surface area contributed by atoms with Crippen molar-refractivity contribution in [1.29, 1.82) is 0 Å². The first kappa shape index (κ1) is 27.4. The van der Waals surface area contributed by atoms with Crippen molar-refractivity contribution in [1.82, 2.24) is 4.98 Å². The van der Waals surface area contributed by atoms with Crippen molar-refractivity contribution in [3.8, 4) is 0 Å². The third-order valence-electron chi connectivity index (χ3n) is 9.93. The van der Waals surface area contributed by atoms with Crippen LogP contribution in [0.25, 0.3) is 5.57 Å². The molecule has 1 aromatic rings. The lowest BCUT2D eigenvalue weighted by Gasteiger charge is -2.57. The largest absolute Gasteiger partial charge is 0.508 e. The molecule has 0 aromatic carbocycles. The first-order chi connectivity index (χ1) is 18.5. The van der Waals surface area contributed by atoms with Crippen LogP contribution < -0.4 is 0 Å². The molecule has 6 atom stereocenters. The molecular weight excluding hydrogens is 482 g/mol. The topological polar surface area (TPSA) is 87.1 Å². The minimum absolute atomic E-state index is 0.00145. The summed E-state index contributed by atoms with van der Waals surface area (Å²) in [5, 5.41) is 8.67. The standard InChI is InChI=1S/C31H43NO6/c1-30-11-9-24(38-29(34)37-19-18-36-17-16-35-15-14-33)20-23(30)5-6-25-27-8-7-26(22-4-3-13-32-21-22)31(27,2)12-10-28(25)30/h3-5,7,13,21,24-25,27-28,33H,6,8-12,14-20H2,1-2H3/t24-,25-,27-,28-,30-,31+/m0/s1. The van der Waals surface area contributed by atoms with Crippen molar-refractivity contribution < 1.29 is 28.8 Å². The zero-order valence-electron chi connectivity index (χ0n) is 22.9. The monoisotopic (exact) mass is 525 g/mol. The van der Waals surface area contributed by atoms with E-state index in [0.29, 0.717) is 44.2 Å². The van der Waals surface area contributed by atoms with E-state index in [-0.39, 0.29) is 30.1 Å². The molecule has 4 aliphatic rings. The predicted octanol–water partition coefficient (Wildman–Crippen LogP) is 5.59. The number of allylic oxidation sites excluding steroid dienone is 3. The maximum atomic E-state index is 12.3. The molecule has 38 heavy (non-hydrogen) atoms. The van der Waals surface area contributed by atoms with Gasteiger partial charge in [-0.2, -0.15) is 0 Å². The zero-order valence-corrected chi connectivity index (χ0v) is 22.9. The van der Waals surface area contributed by atoms with Crippen LogP contribution in [0.1, 0.15) is 64.4 Å². The molecule has 208 valence electrons. The smallest absolute Gasteiger partial charge is 0.432 e. The van der Waals surface area contributed by atoms with E-state index in [1.165, 1.54) is 29.6 Å².